The Kier molecular flexibility index (Phi) is 68.4. The SMILES string of the molecule is CCCCCCCCCCCCCCCCCCCC(=O)O[C@H](COC(=O)CCCCCCCCCCCCCCCC(C)C)COP(=O)(O)OC[C@@H](O)COP(=O)(O)OC[C@@H](COC(=O)CCCCCCCCC(C)CC)OC(=O)CCCCCCCCCCCCCCCC. The number of aliphatic hydroxyl groups excluding tert-OH is 1. The van der Waals surface area contributed by atoms with Crippen molar-refractivity contribution in [2.75, 3.05) is 39.6 Å². The Morgan fingerprint density at radius 1 is 0.299 bits per heavy atom. The van der Waals surface area contributed by atoms with Gasteiger partial charge in [-0.2, -0.15) is 0 Å². The van der Waals surface area contributed by atoms with Crippen LogP contribution in [0.2, 0.25) is 0 Å². The predicted molar refractivity (Wildman–Crippen MR) is 395 cm³/mol. The summed E-state index contributed by atoms with van der Waals surface area (Å²) < 4.78 is 68.6. The lowest BCUT2D eigenvalue weighted by atomic mass is 10.00. The van der Waals surface area contributed by atoms with Crippen molar-refractivity contribution < 1.29 is 80.2 Å². The summed E-state index contributed by atoms with van der Waals surface area (Å²) in [4.78, 5) is 72.9. The number of carbonyl (C=O) groups excluding carboxylic acids is 4. The summed E-state index contributed by atoms with van der Waals surface area (Å²) in [5.74, 6) is -0.589. The summed E-state index contributed by atoms with van der Waals surface area (Å²) >= 11 is 0. The van der Waals surface area contributed by atoms with Crippen molar-refractivity contribution in [2.45, 2.75) is 426 Å². The zero-order valence-electron chi connectivity index (χ0n) is 63.4. The maximum Gasteiger partial charge on any atom is 0.472 e. The molecule has 0 saturated carbocycles. The van der Waals surface area contributed by atoms with E-state index in [1.54, 1.807) is 0 Å². The number of rotatable bonds is 77. The van der Waals surface area contributed by atoms with Crippen LogP contribution in [0.3, 0.4) is 0 Å². The first kappa shape index (κ1) is 95.1. The first-order chi connectivity index (χ1) is 46.9. The normalized spacial score (nSPS) is 14.2. The van der Waals surface area contributed by atoms with Gasteiger partial charge in [-0.25, -0.2) is 9.13 Å². The van der Waals surface area contributed by atoms with Crippen LogP contribution in [-0.2, 0) is 65.4 Å². The Morgan fingerprint density at radius 2 is 0.526 bits per heavy atom. The number of carbonyl (C=O) groups is 4. The molecule has 3 N–H and O–H groups in total. The first-order valence-corrected chi connectivity index (χ1v) is 43.5. The van der Waals surface area contributed by atoms with Crippen LogP contribution in [0, 0.1) is 11.8 Å². The number of phosphoric ester groups is 2. The van der Waals surface area contributed by atoms with E-state index in [4.69, 9.17) is 37.0 Å². The van der Waals surface area contributed by atoms with Crippen LogP contribution in [0.4, 0.5) is 0 Å². The standard InChI is InChI=1S/C78H152O17P2/c1-7-10-12-14-16-18-20-22-24-25-26-30-35-39-43-51-57-63-77(82)94-73(66-88-75(80)60-54-48-41-37-33-31-27-28-32-36-40-46-52-58-70(4)5)68-92-96(84,85)90-64-72(79)65-91-97(86,87)93-69-74(67-89-76(81)61-55-49-45-44-47-53-59-71(6)9-3)95-78(83)62-56-50-42-38-34-29-23-21-19-17-15-13-11-8-2/h70-74,79H,7-69H2,1-6H3,(H,84,85)(H,86,87)/t71?,72-,73-,74-/m1/s1. The van der Waals surface area contributed by atoms with Gasteiger partial charge in [-0.05, 0) is 37.5 Å². The van der Waals surface area contributed by atoms with Crippen LogP contribution in [-0.4, -0.2) is 96.7 Å². The molecule has 0 aromatic rings. The van der Waals surface area contributed by atoms with E-state index in [9.17, 15) is 43.2 Å². The molecule has 0 heterocycles. The molecule has 0 aliphatic carbocycles. The molecule has 3 unspecified atom stereocenters. The van der Waals surface area contributed by atoms with E-state index < -0.39 is 97.5 Å². The van der Waals surface area contributed by atoms with Crippen LogP contribution >= 0.6 is 15.6 Å². The maximum atomic E-state index is 13.1. The highest BCUT2D eigenvalue weighted by Crippen LogP contribution is 2.45. The van der Waals surface area contributed by atoms with Crippen LogP contribution in [0.25, 0.3) is 0 Å². The van der Waals surface area contributed by atoms with E-state index >= 15 is 0 Å². The van der Waals surface area contributed by atoms with Gasteiger partial charge in [0.1, 0.15) is 19.3 Å². The van der Waals surface area contributed by atoms with Crippen molar-refractivity contribution in [3.05, 3.63) is 0 Å². The van der Waals surface area contributed by atoms with Crippen molar-refractivity contribution in [2.24, 2.45) is 11.8 Å². The van der Waals surface area contributed by atoms with E-state index in [1.807, 2.05) is 0 Å². The number of unbranched alkanes of at least 4 members (excludes halogenated alkanes) is 46. The van der Waals surface area contributed by atoms with Gasteiger partial charge >= 0.3 is 39.5 Å². The van der Waals surface area contributed by atoms with Crippen molar-refractivity contribution in [1.82, 2.24) is 0 Å². The molecule has 0 amide bonds. The fourth-order valence-electron chi connectivity index (χ4n) is 12.0. The van der Waals surface area contributed by atoms with Crippen molar-refractivity contribution in [3.8, 4) is 0 Å². The molecule has 97 heavy (non-hydrogen) atoms. The second-order valence-electron chi connectivity index (χ2n) is 28.8. The van der Waals surface area contributed by atoms with E-state index in [0.717, 1.165) is 108 Å². The van der Waals surface area contributed by atoms with Gasteiger partial charge < -0.3 is 33.8 Å². The number of ether oxygens (including phenoxy) is 4. The molecule has 0 spiro atoms. The topological polar surface area (TPSA) is 237 Å². The van der Waals surface area contributed by atoms with Gasteiger partial charge in [0.15, 0.2) is 12.2 Å². The van der Waals surface area contributed by atoms with Crippen molar-refractivity contribution in [1.29, 1.82) is 0 Å². The lowest BCUT2D eigenvalue weighted by Gasteiger charge is -2.21. The molecule has 0 bridgehead atoms. The van der Waals surface area contributed by atoms with Crippen molar-refractivity contribution >= 4 is 39.5 Å². The lowest BCUT2D eigenvalue weighted by Crippen LogP contribution is -2.30. The fourth-order valence-corrected chi connectivity index (χ4v) is 13.6. The van der Waals surface area contributed by atoms with Gasteiger partial charge in [-0.3, -0.25) is 37.3 Å². The number of esters is 4. The Bertz CT molecular complexity index is 1870. The highest BCUT2D eigenvalue weighted by molar-refractivity contribution is 7.47. The quantitative estimate of drug-likeness (QED) is 0.0222. The van der Waals surface area contributed by atoms with Crippen LogP contribution in [0.15, 0.2) is 0 Å². The minimum absolute atomic E-state index is 0.107. The maximum absolute atomic E-state index is 13.1. The Hall–Kier alpha value is -1.94. The average Bonchev–Trinajstić information content (AvgIpc) is 1.15. The van der Waals surface area contributed by atoms with Gasteiger partial charge in [0.2, 0.25) is 0 Å². The van der Waals surface area contributed by atoms with Crippen LogP contribution in [0.1, 0.15) is 408 Å². The molecule has 0 saturated heterocycles. The zero-order chi connectivity index (χ0) is 71.4. The summed E-state index contributed by atoms with van der Waals surface area (Å²) in [5, 5.41) is 10.6. The molecule has 17 nitrogen and oxygen atoms in total. The second kappa shape index (κ2) is 69.8. The fraction of sp³-hybridized carbons (Fsp3) is 0.949. The molecule has 0 aliphatic rings. The number of phosphoric acid groups is 2. The van der Waals surface area contributed by atoms with E-state index in [2.05, 4.69) is 41.5 Å². The number of hydrogen-bond acceptors (Lipinski definition) is 15. The Morgan fingerprint density at radius 3 is 0.784 bits per heavy atom. The molecule has 0 aromatic carbocycles. The predicted octanol–water partition coefficient (Wildman–Crippen LogP) is 23.1. The summed E-state index contributed by atoms with van der Waals surface area (Å²) in [5.41, 5.74) is 0. The monoisotopic (exact) mass is 1420 g/mol. The Balaban J connectivity index is 5.25. The molecule has 576 valence electrons. The minimum Gasteiger partial charge on any atom is -0.462 e. The Labute approximate surface area is 594 Å². The highest BCUT2D eigenvalue weighted by Gasteiger charge is 2.30. The van der Waals surface area contributed by atoms with Crippen LogP contribution < -0.4 is 0 Å². The largest absolute Gasteiger partial charge is 0.472 e. The summed E-state index contributed by atoms with van der Waals surface area (Å²) in [6.45, 7) is 9.60. The van der Waals surface area contributed by atoms with Crippen molar-refractivity contribution in [3.63, 3.8) is 0 Å². The van der Waals surface area contributed by atoms with Gasteiger partial charge in [0.05, 0.1) is 26.4 Å². The smallest absolute Gasteiger partial charge is 0.462 e. The molecule has 0 aliphatic heterocycles. The second-order valence-corrected chi connectivity index (χ2v) is 31.7. The van der Waals surface area contributed by atoms with E-state index in [1.165, 1.54) is 218 Å². The average molecular weight is 1420 g/mol. The van der Waals surface area contributed by atoms with Gasteiger partial charge in [-0.15, -0.1) is 0 Å². The molecule has 0 radical (unpaired) electrons. The van der Waals surface area contributed by atoms with Gasteiger partial charge in [-0.1, -0.05) is 356 Å². The third kappa shape index (κ3) is 70.9. The number of aliphatic hydroxyl groups is 1. The van der Waals surface area contributed by atoms with E-state index in [-0.39, 0.29) is 25.7 Å². The molecule has 19 heteroatoms. The van der Waals surface area contributed by atoms with Gasteiger partial charge in [0, 0.05) is 25.7 Å². The molecule has 6 atom stereocenters. The molecule has 0 fully saturated rings. The lowest BCUT2D eigenvalue weighted by molar-refractivity contribution is -0.161. The third-order valence-electron chi connectivity index (χ3n) is 18.6. The molecule has 0 aromatic heterocycles. The molecular formula is C78H152O17P2. The van der Waals surface area contributed by atoms with Gasteiger partial charge in [0.25, 0.3) is 0 Å². The summed E-state index contributed by atoms with van der Waals surface area (Å²) in [6.07, 6.45) is 58.2. The minimum atomic E-state index is -4.96. The zero-order valence-corrected chi connectivity index (χ0v) is 65.2. The summed E-state index contributed by atoms with van der Waals surface area (Å²) in [6, 6.07) is 0. The third-order valence-corrected chi connectivity index (χ3v) is 20.5. The highest BCUT2D eigenvalue weighted by atomic mass is 31.2. The molecule has 0 rings (SSSR count). The number of hydrogen-bond donors (Lipinski definition) is 3. The molecular weight excluding hydrogens is 1270 g/mol. The first-order valence-electron chi connectivity index (χ1n) is 40.5. The summed E-state index contributed by atoms with van der Waals surface area (Å²) in [7, 11) is -9.91. The van der Waals surface area contributed by atoms with Crippen LogP contribution in [0.5, 0.6) is 0 Å². The van der Waals surface area contributed by atoms with E-state index in [0.29, 0.717) is 25.7 Å².